The highest BCUT2D eigenvalue weighted by Gasteiger charge is 2.20. The van der Waals surface area contributed by atoms with Crippen LogP contribution >= 0.6 is 11.6 Å². The molecule has 9 heteroatoms. The molecule has 0 aromatic heterocycles. The standard InChI is InChI=1S/C12H8ClFN2O4S/c13-8-4-5-12(11(14)6-8)21(19,20)15-9-2-1-3-10(7-9)16(17)18/h1-7,15H. The van der Waals surface area contributed by atoms with Gasteiger partial charge in [-0.05, 0) is 24.3 Å². The Kier molecular flexibility index (Phi) is 4.10. The molecule has 2 rings (SSSR count). The number of nitro groups is 1. The molecule has 21 heavy (non-hydrogen) atoms. The predicted molar refractivity (Wildman–Crippen MR) is 75.3 cm³/mol. The number of hydrogen-bond donors (Lipinski definition) is 1. The van der Waals surface area contributed by atoms with E-state index in [2.05, 4.69) is 4.72 Å². The fraction of sp³-hybridized carbons (Fsp3) is 0. The number of halogens is 2. The van der Waals surface area contributed by atoms with Crippen molar-refractivity contribution in [3.8, 4) is 0 Å². The first-order chi connectivity index (χ1) is 9.79. The van der Waals surface area contributed by atoms with Crippen molar-refractivity contribution in [3.05, 3.63) is 63.4 Å². The second kappa shape index (κ2) is 5.66. The van der Waals surface area contributed by atoms with Gasteiger partial charge < -0.3 is 0 Å². The van der Waals surface area contributed by atoms with Crippen molar-refractivity contribution < 1.29 is 17.7 Å². The molecule has 0 unspecified atom stereocenters. The van der Waals surface area contributed by atoms with E-state index in [1.807, 2.05) is 0 Å². The van der Waals surface area contributed by atoms with Crippen molar-refractivity contribution in [2.75, 3.05) is 4.72 Å². The van der Waals surface area contributed by atoms with Crippen LogP contribution in [0.15, 0.2) is 47.4 Å². The molecule has 0 heterocycles. The topological polar surface area (TPSA) is 89.3 Å². The SMILES string of the molecule is O=[N+]([O-])c1cccc(NS(=O)(=O)c2ccc(Cl)cc2F)c1. The van der Waals surface area contributed by atoms with Crippen molar-refractivity contribution in [2.24, 2.45) is 0 Å². The number of non-ortho nitro benzene ring substituents is 1. The number of nitro benzene ring substituents is 1. The molecule has 0 spiro atoms. The molecule has 0 saturated heterocycles. The van der Waals surface area contributed by atoms with Gasteiger partial charge in [-0.15, -0.1) is 0 Å². The molecular formula is C12H8ClFN2O4S. The first-order valence-electron chi connectivity index (χ1n) is 5.52. The molecule has 0 aliphatic carbocycles. The lowest BCUT2D eigenvalue weighted by molar-refractivity contribution is -0.384. The maximum Gasteiger partial charge on any atom is 0.271 e. The van der Waals surface area contributed by atoms with Crippen LogP contribution in [0.4, 0.5) is 15.8 Å². The average molecular weight is 331 g/mol. The highest BCUT2D eigenvalue weighted by atomic mass is 35.5. The van der Waals surface area contributed by atoms with Gasteiger partial charge in [-0.2, -0.15) is 0 Å². The van der Waals surface area contributed by atoms with Crippen LogP contribution in [0.3, 0.4) is 0 Å². The molecule has 0 aliphatic heterocycles. The summed E-state index contributed by atoms with van der Waals surface area (Å²) in [6.45, 7) is 0. The molecule has 1 N–H and O–H groups in total. The van der Waals surface area contributed by atoms with Crippen LogP contribution in [0.25, 0.3) is 0 Å². The summed E-state index contributed by atoms with van der Waals surface area (Å²) in [5, 5.41) is 10.7. The van der Waals surface area contributed by atoms with Crippen molar-refractivity contribution in [3.63, 3.8) is 0 Å². The van der Waals surface area contributed by atoms with E-state index in [1.165, 1.54) is 24.3 Å². The van der Waals surface area contributed by atoms with Crippen LogP contribution in [0.1, 0.15) is 0 Å². The Morgan fingerprint density at radius 2 is 1.90 bits per heavy atom. The maximum atomic E-state index is 13.6. The predicted octanol–water partition coefficient (Wildman–Crippen LogP) is 3.19. The summed E-state index contributed by atoms with van der Waals surface area (Å²) in [7, 11) is -4.21. The van der Waals surface area contributed by atoms with E-state index in [0.29, 0.717) is 0 Å². The summed E-state index contributed by atoms with van der Waals surface area (Å²) in [4.78, 5) is 9.37. The minimum atomic E-state index is -4.21. The summed E-state index contributed by atoms with van der Waals surface area (Å²) >= 11 is 5.55. The Labute approximate surface area is 124 Å². The zero-order valence-corrected chi connectivity index (χ0v) is 11.9. The van der Waals surface area contributed by atoms with Crippen LogP contribution in [-0.2, 0) is 10.0 Å². The monoisotopic (exact) mass is 330 g/mol. The summed E-state index contributed by atoms with van der Waals surface area (Å²) in [6.07, 6.45) is 0. The van der Waals surface area contributed by atoms with Gasteiger partial charge in [-0.25, -0.2) is 12.8 Å². The highest BCUT2D eigenvalue weighted by molar-refractivity contribution is 7.92. The third-order valence-electron chi connectivity index (χ3n) is 2.49. The van der Waals surface area contributed by atoms with E-state index >= 15 is 0 Å². The number of nitrogens with zero attached hydrogens (tertiary/aromatic N) is 1. The van der Waals surface area contributed by atoms with Crippen LogP contribution in [0.2, 0.25) is 5.02 Å². The number of sulfonamides is 1. The lowest BCUT2D eigenvalue weighted by Crippen LogP contribution is -2.14. The molecule has 0 amide bonds. The fourth-order valence-corrected chi connectivity index (χ4v) is 2.86. The minimum Gasteiger partial charge on any atom is -0.279 e. The van der Waals surface area contributed by atoms with Gasteiger partial charge in [-0.1, -0.05) is 17.7 Å². The zero-order chi connectivity index (χ0) is 15.6. The highest BCUT2D eigenvalue weighted by Crippen LogP contribution is 2.23. The largest absolute Gasteiger partial charge is 0.279 e. The Bertz CT molecular complexity index is 811. The lowest BCUT2D eigenvalue weighted by Gasteiger charge is -2.08. The van der Waals surface area contributed by atoms with E-state index in [0.717, 1.165) is 18.2 Å². The Morgan fingerprint density at radius 1 is 1.19 bits per heavy atom. The van der Waals surface area contributed by atoms with Crippen LogP contribution in [0, 0.1) is 15.9 Å². The molecule has 0 fully saturated rings. The maximum absolute atomic E-state index is 13.6. The molecule has 2 aromatic rings. The Balaban J connectivity index is 2.37. The third-order valence-corrected chi connectivity index (χ3v) is 4.14. The Hall–Kier alpha value is -2.19. The molecule has 6 nitrogen and oxygen atoms in total. The second-order valence-electron chi connectivity index (χ2n) is 3.99. The molecule has 0 radical (unpaired) electrons. The van der Waals surface area contributed by atoms with Crippen LogP contribution in [0.5, 0.6) is 0 Å². The normalized spacial score (nSPS) is 11.1. The first-order valence-corrected chi connectivity index (χ1v) is 7.38. The minimum absolute atomic E-state index is 0.0430. The molecular weight excluding hydrogens is 323 g/mol. The number of rotatable bonds is 4. The lowest BCUT2D eigenvalue weighted by atomic mass is 10.3. The number of benzene rings is 2. The van der Waals surface area contributed by atoms with Gasteiger partial charge >= 0.3 is 0 Å². The fourth-order valence-electron chi connectivity index (χ4n) is 1.59. The molecule has 2 aromatic carbocycles. The third kappa shape index (κ3) is 3.47. The summed E-state index contributed by atoms with van der Waals surface area (Å²) < 4.78 is 39.8. The number of nitrogens with one attached hydrogen (secondary N) is 1. The van der Waals surface area contributed by atoms with Gasteiger partial charge in [0.15, 0.2) is 0 Å². The summed E-state index contributed by atoms with van der Waals surface area (Å²) in [6, 6.07) is 7.98. The molecule has 0 bridgehead atoms. The van der Waals surface area contributed by atoms with Gasteiger partial charge in [0.1, 0.15) is 10.7 Å². The van der Waals surface area contributed by atoms with E-state index < -0.39 is 25.7 Å². The number of anilines is 1. The first kappa shape index (κ1) is 15.2. The second-order valence-corrected chi connectivity index (χ2v) is 6.07. The summed E-state index contributed by atoms with van der Waals surface area (Å²) in [5.74, 6) is -1.01. The van der Waals surface area contributed by atoms with Crippen molar-refractivity contribution >= 4 is 33.0 Å². The van der Waals surface area contributed by atoms with Crippen LogP contribution < -0.4 is 4.72 Å². The molecule has 110 valence electrons. The van der Waals surface area contributed by atoms with Gasteiger partial charge in [-0.3, -0.25) is 14.8 Å². The average Bonchev–Trinajstić information content (AvgIpc) is 2.37. The van der Waals surface area contributed by atoms with Crippen molar-refractivity contribution in [2.45, 2.75) is 4.90 Å². The summed E-state index contributed by atoms with van der Waals surface area (Å²) in [5.41, 5.74) is -0.328. The molecule has 0 atom stereocenters. The zero-order valence-electron chi connectivity index (χ0n) is 10.3. The van der Waals surface area contributed by atoms with Crippen molar-refractivity contribution in [1.82, 2.24) is 0 Å². The van der Waals surface area contributed by atoms with Gasteiger partial charge in [0.2, 0.25) is 0 Å². The van der Waals surface area contributed by atoms with E-state index in [1.54, 1.807) is 0 Å². The van der Waals surface area contributed by atoms with Gasteiger partial charge in [0.25, 0.3) is 15.7 Å². The van der Waals surface area contributed by atoms with Crippen LogP contribution in [-0.4, -0.2) is 13.3 Å². The van der Waals surface area contributed by atoms with Gasteiger partial charge in [0, 0.05) is 17.2 Å². The number of hydrogen-bond acceptors (Lipinski definition) is 4. The molecule has 0 saturated carbocycles. The van der Waals surface area contributed by atoms with Crippen molar-refractivity contribution in [1.29, 1.82) is 0 Å². The molecule has 0 aliphatic rings. The van der Waals surface area contributed by atoms with E-state index in [9.17, 15) is 22.9 Å². The van der Waals surface area contributed by atoms with E-state index in [-0.39, 0.29) is 16.4 Å². The smallest absolute Gasteiger partial charge is 0.271 e. The Morgan fingerprint density at radius 3 is 2.52 bits per heavy atom. The van der Waals surface area contributed by atoms with Gasteiger partial charge in [0.05, 0.1) is 10.6 Å². The quantitative estimate of drug-likeness (QED) is 0.688. The van der Waals surface area contributed by atoms with E-state index in [4.69, 9.17) is 11.6 Å².